The molecular formula is C20H38O7. The van der Waals surface area contributed by atoms with Crippen LogP contribution in [0.1, 0.15) is 90.9 Å². The summed E-state index contributed by atoms with van der Waals surface area (Å²) < 4.78 is 5.17. The highest BCUT2D eigenvalue weighted by Gasteiger charge is 2.23. The second kappa shape index (κ2) is 15.8. The lowest BCUT2D eigenvalue weighted by Gasteiger charge is -2.21. The quantitative estimate of drug-likeness (QED) is 0.222. The highest BCUT2D eigenvalue weighted by Crippen LogP contribution is 2.16. The fourth-order valence-electron chi connectivity index (χ4n) is 2.99. The molecule has 4 N–H and O–H groups in total. The van der Waals surface area contributed by atoms with Gasteiger partial charge in [-0.15, -0.1) is 0 Å². The summed E-state index contributed by atoms with van der Waals surface area (Å²) in [5.41, 5.74) is 0. The number of esters is 1. The zero-order valence-corrected chi connectivity index (χ0v) is 16.8. The molecule has 0 aromatic heterocycles. The number of hydrogen-bond donors (Lipinski definition) is 4. The van der Waals surface area contributed by atoms with Crippen LogP contribution in [0.5, 0.6) is 0 Å². The number of aliphatic carboxylic acids is 1. The van der Waals surface area contributed by atoms with Gasteiger partial charge in [0, 0.05) is 6.42 Å². The predicted molar refractivity (Wildman–Crippen MR) is 102 cm³/mol. The Labute approximate surface area is 162 Å². The van der Waals surface area contributed by atoms with Gasteiger partial charge in [0.05, 0.1) is 31.2 Å². The number of ether oxygens (including phenoxy) is 1. The standard InChI is InChI=1S/C20H38O7/c1-3-5-7-9-15(21)11-17(23)13-20(26)27-18(14-19(24)25)12-16(22)10-8-6-4-2/h15-18,21-23H,3-14H2,1-2H3,(H,24,25)/t15-,16-,17-,18+/m1/s1. The van der Waals surface area contributed by atoms with Crippen molar-refractivity contribution in [1.82, 2.24) is 0 Å². The highest BCUT2D eigenvalue weighted by molar-refractivity contribution is 5.71. The van der Waals surface area contributed by atoms with Crippen LogP contribution in [0.25, 0.3) is 0 Å². The molecule has 0 fully saturated rings. The summed E-state index contributed by atoms with van der Waals surface area (Å²) in [7, 11) is 0. The number of unbranched alkanes of at least 4 members (excludes halogenated alkanes) is 4. The molecule has 27 heavy (non-hydrogen) atoms. The maximum atomic E-state index is 12.0. The van der Waals surface area contributed by atoms with Crippen molar-refractivity contribution in [2.45, 2.75) is 115 Å². The zero-order valence-electron chi connectivity index (χ0n) is 16.8. The van der Waals surface area contributed by atoms with Gasteiger partial charge in [-0.1, -0.05) is 52.4 Å². The normalized spacial score (nSPS) is 15.7. The molecule has 0 aliphatic heterocycles. The summed E-state index contributed by atoms with van der Waals surface area (Å²) in [6.07, 6.45) is 2.97. The predicted octanol–water partition coefficient (Wildman–Crippen LogP) is 2.79. The first kappa shape index (κ1) is 25.8. The molecule has 0 bridgehead atoms. The van der Waals surface area contributed by atoms with Crippen molar-refractivity contribution in [3.05, 3.63) is 0 Å². The van der Waals surface area contributed by atoms with Crippen molar-refractivity contribution in [3.8, 4) is 0 Å². The van der Waals surface area contributed by atoms with Crippen molar-refractivity contribution in [1.29, 1.82) is 0 Å². The average molecular weight is 391 g/mol. The minimum Gasteiger partial charge on any atom is -0.481 e. The van der Waals surface area contributed by atoms with Crippen LogP contribution in [0.2, 0.25) is 0 Å². The summed E-state index contributed by atoms with van der Waals surface area (Å²) in [4.78, 5) is 23.0. The van der Waals surface area contributed by atoms with Crippen molar-refractivity contribution in [2.75, 3.05) is 0 Å². The molecule has 4 atom stereocenters. The van der Waals surface area contributed by atoms with E-state index in [1.54, 1.807) is 0 Å². The molecule has 0 saturated carbocycles. The van der Waals surface area contributed by atoms with Gasteiger partial charge < -0.3 is 25.2 Å². The lowest BCUT2D eigenvalue weighted by molar-refractivity contribution is -0.156. The molecule has 0 aliphatic rings. The summed E-state index contributed by atoms with van der Waals surface area (Å²) >= 11 is 0. The van der Waals surface area contributed by atoms with E-state index in [2.05, 4.69) is 6.92 Å². The third-order valence-electron chi connectivity index (χ3n) is 4.46. The molecule has 0 amide bonds. The van der Waals surface area contributed by atoms with Crippen LogP contribution < -0.4 is 0 Å². The minimum atomic E-state index is -1.11. The van der Waals surface area contributed by atoms with E-state index in [0.29, 0.717) is 12.8 Å². The molecule has 7 heteroatoms. The van der Waals surface area contributed by atoms with Gasteiger partial charge in [0.15, 0.2) is 0 Å². The van der Waals surface area contributed by atoms with E-state index in [9.17, 15) is 24.9 Å². The van der Waals surface area contributed by atoms with E-state index in [1.807, 2.05) is 6.92 Å². The Kier molecular flexibility index (Phi) is 15.1. The lowest BCUT2D eigenvalue weighted by atomic mass is 10.0. The van der Waals surface area contributed by atoms with Crippen LogP contribution in [0.15, 0.2) is 0 Å². The Bertz CT molecular complexity index is 400. The summed E-state index contributed by atoms with van der Waals surface area (Å²) in [6, 6.07) is 0. The van der Waals surface area contributed by atoms with Crippen LogP contribution in [-0.4, -0.2) is 56.8 Å². The summed E-state index contributed by atoms with van der Waals surface area (Å²) in [6.45, 7) is 4.11. The van der Waals surface area contributed by atoms with E-state index in [0.717, 1.165) is 38.5 Å². The van der Waals surface area contributed by atoms with Crippen LogP contribution in [0.4, 0.5) is 0 Å². The van der Waals surface area contributed by atoms with Gasteiger partial charge in [0.1, 0.15) is 6.10 Å². The Morgan fingerprint density at radius 3 is 1.78 bits per heavy atom. The van der Waals surface area contributed by atoms with Gasteiger partial charge >= 0.3 is 11.9 Å². The molecule has 0 aromatic rings. The molecule has 0 rings (SSSR count). The van der Waals surface area contributed by atoms with Gasteiger partial charge in [0.2, 0.25) is 0 Å². The van der Waals surface area contributed by atoms with Crippen molar-refractivity contribution < 1.29 is 34.8 Å². The smallest absolute Gasteiger partial charge is 0.308 e. The van der Waals surface area contributed by atoms with Crippen LogP contribution >= 0.6 is 0 Å². The first-order valence-corrected chi connectivity index (χ1v) is 10.2. The van der Waals surface area contributed by atoms with Gasteiger partial charge in [0.25, 0.3) is 0 Å². The van der Waals surface area contributed by atoms with Gasteiger partial charge in [-0.2, -0.15) is 0 Å². The number of hydrogen-bond acceptors (Lipinski definition) is 6. The minimum absolute atomic E-state index is 0.0670. The number of carbonyl (C=O) groups excluding carboxylic acids is 1. The monoisotopic (exact) mass is 390 g/mol. The van der Waals surface area contributed by atoms with E-state index >= 15 is 0 Å². The largest absolute Gasteiger partial charge is 0.481 e. The third kappa shape index (κ3) is 15.6. The Morgan fingerprint density at radius 1 is 0.778 bits per heavy atom. The molecule has 0 spiro atoms. The van der Waals surface area contributed by atoms with Gasteiger partial charge in [-0.05, 0) is 19.3 Å². The third-order valence-corrected chi connectivity index (χ3v) is 4.46. The fraction of sp³-hybridized carbons (Fsp3) is 0.900. The van der Waals surface area contributed by atoms with Crippen LogP contribution in [-0.2, 0) is 14.3 Å². The lowest BCUT2D eigenvalue weighted by Crippen LogP contribution is -2.29. The maximum absolute atomic E-state index is 12.0. The molecule has 0 heterocycles. The maximum Gasteiger partial charge on any atom is 0.308 e. The first-order chi connectivity index (χ1) is 12.8. The summed E-state index contributed by atoms with van der Waals surface area (Å²) in [5.74, 6) is -1.82. The van der Waals surface area contributed by atoms with Crippen molar-refractivity contribution in [3.63, 3.8) is 0 Å². The van der Waals surface area contributed by atoms with E-state index in [1.165, 1.54) is 0 Å². The molecule has 0 aromatic carbocycles. The summed E-state index contributed by atoms with van der Waals surface area (Å²) in [5, 5.41) is 38.8. The Hall–Kier alpha value is -1.18. The number of carboxylic acids is 1. The Balaban J connectivity index is 4.34. The van der Waals surface area contributed by atoms with Gasteiger partial charge in [-0.25, -0.2) is 0 Å². The fourth-order valence-corrected chi connectivity index (χ4v) is 2.99. The second-order valence-electron chi connectivity index (χ2n) is 7.34. The average Bonchev–Trinajstić information content (AvgIpc) is 2.54. The highest BCUT2D eigenvalue weighted by atomic mass is 16.5. The van der Waals surface area contributed by atoms with Crippen molar-refractivity contribution >= 4 is 11.9 Å². The van der Waals surface area contributed by atoms with Crippen molar-refractivity contribution in [2.24, 2.45) is 0 Å². The topological polar surface area (TPSA) is 124 Å². The first-order valence-electron chi connectivity index (χ1n) is 10.2. The molecule has 0 saturated heterocycles. The van der Waals surface area contributed by atoms with E-state index < -0.39 is 36.4 Å². The van der Waals surface area contributed by atoms with E-state index in [4.69, 9.17) is 9.84 Å². The van der Waals surface area contributed by atoms with Gasteiger partial charge in [-0.3, -0.25) is 9.59 Å². The molecular weight excluding hydrogens is 352 g/mol. The zero-order chi connectivity index (χ0) is 20.7. The number of carboxylic acid groups (broad SMARTS) is 1. The second-order valence-corrected chi connectivity index (χ2v) is 7.34. The van der Waals surface area contributed by atoms with Crippen LogP contribution in [0.3, 0.4) is 0 Å². The molecule has 0 unspecified atom stereocenters. The number of aliphatic hydroxyl groups is 3. The van der Waals surface area contributed by atoms with Crippen LogP contribution in [0, 0.1) is 0 Å². The molecule has 0 aliphatic carbocycles. The Morgan fingerprint density at radius 2 is 1.30 bits per heavy atom. The molecule has 160 valence electrons. The number of carbonyl (C=O) groups is 2. The molecule has 0 radical (unpaired) electrons. The number of rotatable bonds is 17. The molecule has 7 nitrogen and oxygen atoms in total. The number of aliphatic hydroxyl groups excluding tert-OH is 3. The van der Waals surface area contributed by atoms with E-state index in [-0.39, 0.29) is 25.7 Å². The SMILES string of the molecule is CCCCC[C@@H](O)C[C@@H](O)CC(=O)O[C@H](CC(=O)O)C[C@H](O)CCCCC.